The first kappa shape index (κ1) is 13.7. The molecule has 0 aliphatic rings. The monoisotopic (exact) mass is 322 g/mol. The van der Waals surface area contributed by atoms with Crippen molar-refractivity contribution in [1.82, 2.24) is 4.57 Å². The first-order valence-electron chi connectivity index (χ1n) is 5.81. The van der Waals surface area contributed by atoms with Crippen molar-refractivity contribution in [1.29, 1.82) is 0 Å². The highest BCUT2D eigenvalue weighted by atomic mass is 79.9. The minimum atomic E-state index is -0.0994. The third-order valence-electron chi connectivity index (χ3n) is 3.04. The summed E-state index contributed by atoms with van der Waals surface area (Å²) in [5.74, 6) is 0.754. The molecule has 0 aliphatic carbocycles. The van der Waals surface area contributed by atoms with Crippen molar-refractivity contribution < 1.29 is 4.74 Å². The number of nitrogens with two attached hydrogens (primary N) is 1. The number of hydrogen-bond acceptors (Lipinski definition) is 3. The highest BCUT2D eigenvalue weighted by molar-refractivity contribution is 9.10. The molecule has 0 radical (unpaired) electrons. The van der Waals surface area contributed by atoms with E-state index in [0.717, 1.165) is 16.9 Å². The number of halogens is 1. The number of methoxy groups -OCH3 is 1. The van der Waals surface area contributed by atoms with Crippen molar-refractivity contribution >= 4 is 21.6 Å². The number of nitrogen functional groups attached to an aromatic ring is 1. The fourth-order valence-electron chi connectivity index (χ4n) is 1.87. The van der Waals surface area contributed by atoms with Crippen LogP contribution in [-0.2, 0) is 6.54 Å². The van der Waals surface area contributed by atoms with Crippen LogP contribution in [0, 0.1) is 6.92 Å². The minimum Gasteiger partial charge on any atom is -0.496 e. The number of ether oxygens (including phenoxy) is 1. The number of anilines is 1. The summed E-state index contributed by atoms with van der Waals surface area (Å²) in [7, 11) is 1.61. The molecule has 2 aromatic rings. The summed E-state index contributed by atoms with van der Waals surface area (Å²) in [6.45, 7) is 2.24. The van der Waals surface area contributed by atoms with Gasteiger partial charge in [0.15, 0.2) is 0 Å². The molecule has 4 nitrogen and oxygen atoms in total. The number of rotatable bonds is 3. The average molecular weight is 323 g/mol. The van der Waals surface area contributed by atoms with Crippen molar-refractivity contribution in [3.8, 4) is 5.75 Å². The lowest BCUT2D eigenvalue weighted by atomic mass is 10.2. The predicted molar refractivity (Wildman–Crippen MR) is 79.6 cm³/mol. The number of benzene rings is 1. The van der Waals surface area contributed by atoms with Gasteiger partial charge in [0.25, 0.3) is 5.56 Å². The Morgan fingerprint density at radius 2 is 2.05 bits per heavy atom. The standard InChI is InChI=1S/C14H15BrN2O2/c1-9-11(16)8-17(14(18)13(9)15)7-10-5-3-4-6-12(10)19-2/h3-6,8H,7,16H2,1-2H3. The Labute approximate surface area is 119 Å². The predicted octanol–water partition coefficient (Wildman–Crippen LogP) is 2.56. The molecule has 2 rings (SSSR count). The zero-order valence-corrected chi connectivity index (χ0v) is 12.4. The third-order valence-corrected chi connectivity index (χ3v) is 3.97. The number of hydrogen-bond donors (Lipinski definition) is 1. The number of aromatic nitrogens is 1. The summed E-state index contributed by atoms with van der Waals surface area (Å²) >= 11 is 3.29. The number of pyridine rings is 1. The molecule has 2 N–H and O–H groups in total. The molecule has 5 heteroatoms. The minimum absolute atomic E-state index is 0.0994. The molecule has 100 valence electrons. The zero-order chi connectivity index (χ0) is 14.0. The van der Waals surface area contributed by atoms with Crippen LogP contribution < -0.4 is 16.0 Å². The van der Waals surface area contributed by atoms with Gasteiger partial charge in [-0.15, -0.1) is 0 Å². The van der Waals surface area contributed by atoms with E-state index in [-0.39, 0.29) is 5.56 Å². The Balaban J connectivity index is 2.47. The van der Waals surface area contributed by atoms with Gasteiger partial charge in [-0.25, -0.2) is 0 Å². The van der Waals surface area contributed by atoms with Gasteiger partial charge in [0.2, 0.25) is 0 Å². The molecule has 0 spiro atoms. The van der Waals surface area contributed by atoms with Gasteiger partial charge in [0.05, 0.1) is 23.8 Å². The molecular formula is C14H15BrN2O2. The van der Waals surface area contributed by atoms with Gasteiger partial charge in [-0.1, -0.05) is 18.2 Å². The molecule has 1 aromatic heterocycles. The topological polar surface area (TPSA) is 57.2 Å². The summed E-state index contributed by atoms with van der Waals surface area (Å²) < 4.78 is 7.36. The quantitative estimate of drug-likeness (QED) is 0.944. The smallest absolute Gasteiger partial charge is 0.265 e. The van der Waals surface area contributed by atoms with E-state index in [4.69, 9.17) is 10.5 Å². The van der Waals surface area contributed by atoms with Crippen LogP contribution in [0.15, 0.2) is 39.7 Å². The first-order chi connectivity index (χ1) is 9.04. The Bertz CT molecular complexity index is 665. The van der Waals surface area contributed by atoms with Crippen molar-refractivity contribution in [3.63, 3.8) is 0 Å². The van der Waals surface area contributed by atoms with Gasteiger partial charge in [0, 0.05) is 11.8 Å². The highest BCUT2D eigenvalue weighted by Crippen LogP contribution is 2.21. The SMILES string of the molecule is COc1ccccc1Cn1cc(N)c(C)c(Br)c1=O. The van der Waals surface area contributed by atoms with Gasteiger partial charge in [-0.05, 0) is 34.5 Å². The molecule has 0 saturated carbocycles. The maximum absolute atomic E-state index is 12.2. The van der Waals surface area contributed by atoms with E-state index in [9.17, 15) is 4.79 Å². The first-order valence-corrected chi connectivity index (χ1v) is 6.60. The summed E-state index contributed by atoms with van der Waals surface area (Å²) in [5, 5.41) is 0. The second kappa shape index (κ2) is 5.48. The van der Waals surface area contributed by atoms with E-state index < -0.39 is 0 Å². The summed E-state index contributed by atoms with van der Waals surface area (Å²) in [5.41, 5.74) is 8.08. The molecule has 0 bridgehead atoms. The molecule has 0 fully saturated rings. The third kappa shape index (κ3) is 2.66. The van der Waals surface area contributed by atoms with E-state index in [1.165, 1.54) is 0 Å². The fraction of sp³-hybridized carbons (Fsp3) is 0.214. The van der Waals surface area contributed by atoms with E-state index in [2.05, 4.69) is 15.9 Å². The maximum atomic E-state index is 12.2. The van der Waals surface area contributed by atoms with Crippen LogP contribution >= 0.6 is 15.9 Å². The molecule has 0 aliphatic heterocycles. The van der Waals surface area contributed by atoms with Crippen LogP contribution in [0.2, 0.25) is 0 Å². The largest absolute Gasteiger partial charge is 0.496 e. The van der Waals surface area contributed by atoms with Crippen molar-refractivity contribution in [2.24, 2.45) is 0 Å². The van der Waals surface area contributed by atoms with Gasteiger partial charge in [0.1, 0.15) is 5.75 Å². The van der Waals surface area contributed by atoms with Crippen molar-refractivity contribution in [3.05, 3.63) is 56.4 Å². The van der Waals surface area contributed by atoms with Crippen LogP contribution in [0.1, 0.15) is 11.1 Å². The van der Waals surface area contributed by atoms with Crippen LogP contribution in [0.3, 0.4) is 0 Å². The fourth-order valence-corrected chi connectivity index (χ4v) is 2.33. The van der Waals surface area contributed by atoms with E-state index in [1.807, 2.05) is 31.2 Å². The summed E-state index contributed by atoms with van der Waals surface area (Å²) in [4.78, 5) is 12.2. The normalized spacial score (nSPS) is 10.5. The van der Waals surface area contributed by atoms with Crippen LogP contribution in [-0.4, -0.2) is 11.7 Å². The molecule has 0 saturated heterocycles. The van der Waals surface area contributed by atoms with Gasteiger partial charge in [-0.3, -0.25) is 4.79 Å². The summed E-state index contributed by atoms with van der Waals surface area (Å²) in [6, 6.07) is 7.60. The van der Waals surface area contributed by atoms with Crippen molar-refractivity contribution in [2.75, 3.05) is 12.8 Å². The molecule has 0 atom stereocenters. The van der Waals surface area contributed by atoms with Gasteiger partial charge < -0.3 is 15.0 Å². The average Bonchev–Trinajstić information content (AvgIpc) is 2.43. The maximum Gasteiger partial charge on any atom is 0.265 e. The van der Waals surface area contributed by atoms with Crippen LogP contribution in [0.5, 0.6) is 5.75 Å². The number of para-hydroxylation sites is 1. The molecule has 19 heavy (non-hydrogen) atoms. The van der Waals surface area contributed by atoms with Crippen molar-refractivity contribution in [2.45, 2.75) is 13.5 Å². The van der Waals surface area contributed by atoms with E-state index in [0.29, 0.717) is 16.7 Å². The molecular weight excluding hydrogens is 308 g/mol. The molecule has 0 unspecified atom stereocenters. The Morgan fingerprint density at radius 1 is 1.37 bits per heavy atom. The number of nitrogens with zero attached hydrogens (tertiary/aromatic N) is 1. The molecule has 1 aromatic carbocycles. The second-order valence-electron chi connectivity index (χ2n) is 4.27. The Kier molecular flexibility index (Phi) is 3.95. The molecule has 1 heterocycles. The lowest BCUT2D eigenvalue weighted by Gasteiger charge is -2.12. The highest BCUT2D eigenvalue weighted by Gasteiger charge is 2.10. The summed E-state index contributed by atoms with van der Waals surface area (Å²) in [6.07, 6.45) is 1.66. The van der Waals surface area contributed by atoms with Crippen LogP contribution in [0.4, 0.5) is 5.69 Å². The Morgan fingerprint density at radius 3 is 2.74 bits per heavy atom. The lowest BCUT2D eigenvalue weighted by Crippen LogP contribution is -2.23. The van der Waals surface area contributed by atoms with Gasteiger partial charge in [-0.2, -0.15) is 0 Å². The van der Waals surface area contributed by atoms with E-state index in [1.54, 1.807) is 17.9 Å². The zero-order valence-electron chi connectivity index (χ0n) is 10.8. The second-order valence-corrected chi connectivity index (χ2v) is 5.06. The molecule has 0 amide bonds. The lowest BCUT2D eigenvalue weighted by molar-refractivity contribution is 0.408. The Hall–Kier alpha value is -1.75. The van der Waals surface area contributed by atoms with Gasteiger partial charge >= 0.3 is 0 Å². The van der Waals surface area contributed by atoms with Crippen LogP contribution in [0.25, 0.3) is 0 Å². The van der Waals surface area contributed by atoms with E-state index >= 15 is 0 Å².